The van der Waals surface area contributed by atoms with Gasteiger partial charge in [0.1, 0.15) is 6.04 Å². The Balaban J connectivity index is 1.83. The average molecular weight is 403 g/mol. The van der Waals surface area contributed by atoms with Gasteiger partial charge in [-0.05, 0) is 37.0 Å². The molecule has 0 saturated heterocycles. The fraction of sp³-hybridized carbons (Fsp3) is 0.389. The highest BCUT2D eigenvalue weighted by Gasteiger charge is 2.36. The molecule has 1 unspecified atom stereocenters. The number of aliphatic hydroxyl groups is 1. The van der Waals surface area contributed by atoms with Gasteiger partial charge in [0, 0.05) is 35.2 Å². The summed E-state index contributed by atoms with van der Waals surface area (Å²) in [6.45, 7) is 0.111. The lowest BCUT2D eigenvalue weighted by molar-refractivity contribution is -0.116. The second kappa shape index (κ2) is 6.72. The second-order valence-corrected chi connectivity index (χ2v) is 7.29. The Morgan fingerprint density at radius 1 is 1.36 bits per heavy atom. The molecule has 0 fully saturated rings. The average Bonchev–Trinajstić information content (AvgIpc) is 3.00. The zero-order valence-corrected chi connectivity index (χ0v) is 15.3. The van der Waals surface area contributed by atoms with E-state index in [2.05, 4.69) is 31.3 Å². The van der Waals surface area contributed by atoms with Crippen LogP contribution in [0.15, 0.2) is 40.0 Å². The van der Waals surface area contributed by atoms with E-state index < -0.39 is 0 Å². The summed E-state index contributed by atoms with van der Waals surface area (Å²) in [7, 11) is 0. The molecule has 1 aliphatic heterocycles. The topological polar surface area (TPSA) is 80.0 Å². The molecule has 2 aromatic rings. The fourth-order valence-electron chi connectivity index (χ4n) is 3.53. The Hall–Kier alpha value is -1.99. The van der Waals surface area contributed by atoms with Crippen molar-refractivity contribution in [2.45, 2.75) is 38.1 Å². The minimum atomic E-state index is -0.257. The van der Waals surface area contributed by atoms with Crippen molar-refractivity contribution in [3.8, 4) is 0 Å². The van der Waals surface area contributed by atoms with Crippen LogP contribution in [0.2, 0.25) is 0 Å². The van der Waals surface area contributed by atoms with Crippen LogP contribution in [0.25, 0.3) is 0 Å². The predicted molar refractivity (Wildman–Crippen MR) is 97.2 cm³/mol. The van der Waals surface area contributed by atoms with E-state index in [4.69, 9.17) is 5.11 Å². The van der Waals surface area contributed by atoms with E-state index in [1.807, 2.05) is 28.9 Å². The number of benzene rings is 1. The predicted octanol–water partition coefficient (Wildman–Crippen LogP) is 2.99. The zero-order valence-electron chi connectivity index (χ0n) is 13.7. The van der Waals surface area contributed by atoms with Crippen LogP contribution in [-0.2, 0) is 11.2 Å². The summed E-state index contributed by atoms with van der Waals surface area (Å²) in [6, 6.07) is 7.73. The van der Waals surface area contributed by atoms with E-state index in [0.717, 1.165) is 34.1 Å². The molecule has 0 amide bonds. The Labute approximate surface area is 154 Å². The fourth-order valence-corrected chi connectivity index (χ4v) is 3.95. The van der Waals surface area contributed by atoms with Crippen LogP contribution in [0, 0.1) is 0 Å². The number of aryl methyl sites for hydroxylation is 1. The molecule has 0 spiro atoms. The lowest BCUT2D eigenvalue weighted by atomic mass is 9.85. The molecule has 0 radical (unpaired) electrons. The molecule has 6 nitrogen and oxygen atoms in total. The van der Waals surface area contributed by atoms with E-state index in [9.17, 15) is 4.79 Å². The van der Waals surface area contributed by atoms with E-state index >= 15 is 0 Å². The minimum absolute atomic E-state index is 0.111. The highest BCUT2D eigenvalue weighted by atomic mass is 79.9. The van der Waals surface area contributed by atoms with Gasteiger partial charge in [0.05, 0.1) is 0 Å². The molecule has 1 atom stereocenters. The zero-order chi connectivity index (χ0) is 17.4. The number of hydrogen-bond acceptors (Lipinski definition) is 5. The van der Waals surface area contributed by atoms with E-state index in [1.54, 1.807) is 0 Å². The maximum absolute atomic E-state index is 12.7. The summed E-state index contributed by atoms with van der Waals surface area (Å²) in [5, 5.41) is 17.0. The lowest BCUT2D eigenvalue weighted by Crippen LogP contribution is -2.31. The molecule has 2 aliphatic rings. The number of anilines is 1. The monoisotopic (exact) mass is 402 g/mol. The normalized spacial score (nSPS) is 19.4. The van der Waals surface area contributed by atoms with Crippen LogP contribution in [0.5, 0.6) is 0 Å². The van der Waals surface area contributed by atoms with Gasteiger partial charge in [-0.1, -0.05) is 28.1 Å². The van der Waals surface area contributed by atoms with Gasteiger partial charge in [0.2, 0.25) is 5.95 Å². The highest BCUT2D eigenvalue weighted by molar-refractivity contribution is 9.10. The molecule has 1 aromatic heterocycles. The lowest BCUT2D eigenvalue weighted by Gasteiger charge is -2.32. The molecular formula is C18H19BrN4O2. The molecule has 7 heteroatoms. The first-order valence-corrected chi connectivity index (χ1v) is 9.31. The van der Waals surface area contributed by atoms with Gasteiger partial charge in [-0.2, -0.15) is 10.1 Å². The third kappa shape index (κ3) is 3.02. The van der Waals surface area contributed by atoms with Gasteiger partial charge < -0.3 is 10.4 Å². The van der Waals surface area contributed by atoms with Crippen molar-refractivity contribution in [2.24, 2.45) is 0 Å². The second-order valence-electron chi connectivity index (χ2n) is 6.37. The number of Topliss-reactive ketones (excluding diaryl/α,β-unsaturated/α-hetero) is 1. The van der Waals surface area contributed by atoms with Crippen LogP contribution in [0.1, 0.15) is 43.1 Å². The van der Waals surface area contributed by atoms with E-state index in [1.165, 1.54) is 0 Å². The standard InChI is InChI=1S/C18H19BrN4O2/c19-12-5-1-4-11(10-12)17-16-13(6-2-7-14(16)25)20-18-21-15(8-3-9-24)22-23(17)18/h1,4-5,10,17,24H,2-3,6-9H2,(H,20,21,22). The van der Waals surface area contributed by atoms with Crippen LogP contribution in [0.4, 0.5) is 5.95 Å². The summed E-state index contributed by atoms with van der Waals surface area (Å²) in [5.74, 6) is 1.53. The third-order valence-corrected chi connectivity index (χ3v) is 5.13. The van der Waals surface area contributed by atoms with Crippen molar-refractivity contribution in [1.29, 1.82) is 0 Å². The van der Waals surface area contributed by atoms with E-state index in [-0.39, 0.29) is 18.4 Å². The van der Waals surface area contributed by atoms with Crippen LogP contribution >= 0.6 is 15.9 Å². The van der Waals surface area contributed by atoms with Crippen LogP contribution < -0.4 is 5.32 Å². The third-order valence-electron chi connectivity index (χ3n) is 4.63. The summed E-state index contributed by atoms with van der Waals surface area (Å²) in [4.78, 5) is 17.3. The van der Waals surface area contributed by atoms with Gasteiger partial charge in [-0.15, -0.1) is 0 Å². The summed E-state index contributed by atoms with van der Waals surface area (Å²) in [5.41, 5.74) is 2.78. The molecule has 1 aromatic carbocycles. The number of halogens is 1. The molecule has 0 bridgehead atoms. The summed E-state index contributed by atoms with van der Waals surface area (Å²) < 4.78 is 2.78. The highest BCUT2D eigenvalue weighted by Crippen LogP contribution is 2.40. The van der Waals surface area contributed by atoms with Gasteiger partial charge in [-0.3, -0.25) is 4.79 Å². The Morgan fingerprint density at radius 3 is 3.04 bits per heavy atom. The number of nitrogens with one attached hydrogen (secondary N) is 1. The summed E-state index contributed by atoms with van der Waals surface area (Å²) >= 11 is 3.52. The maximum atomic E-state index is 12.7. The Kier molecular flexibility index (Phi) is 4.43. The minimum Gasteiger partial charge on any atom is -0.396 e. The number of nitrogens with zero attached hydrogens (tertiary/aromatic N) is 3. The number of carbonyl (C=O) groups is 1. The number of hydrogen-bond donors (Lipinski definition) is 2. The van der Waals surface area contributed by atoms with Gasteiger partial charge >= 0.3 is 0 Å². The SMILES string of the molecule is O=C1CCCC2=C1C(c1cccc(Br)c1)n1nc(CCCO)nc1N2. The van der Waals surface area contributed by atoms with Crippen molar-refractivity contribution in [1.82, 2.24) is 14.8 Å². The molecule has 2 N–H and O–H groups in total. The smallest absolute Gasteiger partial charge is 0.226 e. The van der Waals surface area contributed by atoms with Crippen molar-refractivity contribution in [3.05, 3.63) is 51.4 Å². The van der Waals surface area contributed by atoms with Gasteiger partial charge in [0.25, 0.3) is 0 Å². The largest absolute Gasteiger partial charge is 0.396 e. The number of aliphatic hydroxyl groups excluding tert-OH is 1. The molecule has 2 heterocycles. The number of allylic oxidation sites excluding steroid dienone is 2. The summed E-state index contributed by atoms with van der Waals surface area (Å²) in [6.07, 6.45) is 3.53. The number of fused-ring (bicyclic) bond motifs is 1. The van der Waals surface area contributed by atoms with Gasteiger partial charge in [0.15, 0.2) is 11.6 Å². The molecule has 0 saturated carbocycles. The first-order chi connectivity index (χ1) is 12.2. The van der Waals surface area contributed by atoms with E-state index in [0.29, 0.717) is 31.0 Å². The molecule has 130 valence electrons. The maximum Gasteiger partial charge on any atom is 0.226 e. The van der Waals surface area contributed by atoms with Gasteiger partial charge in [-0.25, -0.2) is 4.68 Å². The number of carbonyl (C=O) groups excluding carboxylic acids is 1. The molecule has 25 heavy (non-hydrogen) atoms. The Morgan fingerprint density at radius 2 is 2.24 bits per heavy atom. The van der Waals surface area contributed by atoms with Crippen LogP contribution in [-0.4, -0.2) is 32.3 Å². The first kappa shape index (κ1) is 16.5. The number of rotatable bonds is 4. The number of ketones is 1. The van der Waals surface area contributed by atoms with Crippen molar-refractivity contribution in [3.63, 3.8) is 0 Å². The van der Waals surface area contributed by atoms with Crippen molar-refractivity contribution < 1.29 is 9.90 Å². The first-order valence-electron chi connectivity index (χ1n) is 8.52. The van der Waals surface area contributed by atoms with Crippen molar-refractivity contribution in [2.75, 3.05) is 11.9 Å². The van der Waals surface area contributed by atoms with Crippen molar-refractivity contribution >= 4 is 27.7 Å². The van der Waals surface area contributed by atoms with Crippen LogP contribution in [0.3, 0.4) is 0 Å². The molecule has 1 aliphatic carbocycles. The molecule has 4 rings (SSSR count). The quantitative estimate of drug-likeness (QED) is 0.821. The number of aromatic nitrogens is 3. The molecular weight excluding hydrogens is 384 g/mol. The Bertz CT molecular complexity index is 859.